The Morgan fingerprint density at radius 1 is 1.16 bits per heavy atom. The lowest BCUT2D eigenvalue weighted by Crippen LogP contribution is -2.21. The molecule has 0 saturated heterocycles. The van der Waals surface area contributed by atoms with Crippen LogP contribution in [0.4, 0.5) is 11.6 Å². The molecule has 0 aliphatic heterocycles. The largest absolute Gasteiger partial charge is 0.377 e. The molecular weight excluding hydrogens is 240 g/mol. The zero-order chi connectivity index (χ0) is 14.1. The molecule has 0 saturated carbocycles. The van der Waals surface area contributed by atoms with Gasteiger partial charge in [-0.15, -0.1) is 0 Å². The monoisotopic (exact) mass is 266 g/mol. The fraction of sp³-hybridized carbons (Fsp3) is 0.714. The highest BCUT2D eigenvalue weighted by Gasteiger charge is 2.11. The third-order valence-corrected chi connectivity index (χ3v) is 2.80. The van der Waals surface area contributed by atoms with E-state index in [4.69, 9.17) is 4.74 Å². The van der Waals surface area contributed by atoms with Gasteiger partial charge in [-0.1, -0.05) is 13.3 Å². The molecule has 0 spiro atoms. The van der Waals surface area contributed by atoms with Crippen LogP contribution in [0.3, 0.4) is 0 Å². The van der Waals surface area contributed by atoms with Crippen LogP contribution in [0.15, 0.2) is 6.33 Å². The highest BCUT2D eigenvalue weighted by atomic mass is 16.5. The molecule has 1 aromatic rings. The fourth-order valence-corrected chi connectivity index (χ4v) is 1.96. The number of nitrogens with zero attached hydrogens (tertiary/aromatic N) is 2. The van der Waals surface area contributed by atoms with E-state index in [1.54, 1.807) is 6.33 Å². The first-order valence-corrected chi connectivity index (χ1v) is 7.16. The van der Waals surface area contributed by atoms with Crippen LogP contribution in [0.2, 0.25) is 0 Å². The van der Waals surface area contributed by atoms with Crippen molar-refractivity contribution in [3.05, 3.63) is 11.9 Å². The van der Waals surface area contributed by atoms with Crippen LogP contribution in [0.1, 0.15) is 39.7 Å². The van der Waals surface area contributed by atoms with E-state index in [0.717, 1.165) is 49.7 Å². The van der Waals surface area contributed by atoms with Gasteiger partial charge in [0.1, 0.15) is 18.0 Å². The molecule has 5 heteroatoms. The number of rotatable bonds is 9. The summed E-state index contributed by atoms with van der Waals surface area (Å²) in [6, 6.07) is 0. The van der Waals surface area contributed by atoms with Gasteiger partial charge in [-0.25, -0.2) is 9.97 Å². The van der Waals surface area contributed by atoms with Crippen molar-refractivity contribution in [2.24, 2.45) is 0 Å². The molecule has 2 N–H and O–H groups in total. The second kappa shape index (κ2) is 8.69. The number of anilines is 2. The lowest BCUT2D eigenvalue weighted by atomic mass is 10.1. The maximum Gasteiger partial charge on any atom is 0.134 e. The van der Waals surface area contributed by atoms with Gasteiger partial charge in [-0.3, -0.25) is 0 Å². The van der Waals surface area contributed by atoms with Gasteiger partial charge in [0.05, 0.1) is 6.10 Å². The molecular formula is C14H26N4O. The molecule has 0 aliphatic carbocycles. The molecule has 0 aliphatic rings. The number of aromatic nitrogens is 2. The Balaban J connectivity index is 2.77. The van der Waals surface area contributed by atoms with Crippen LogP contribution in [-0.4, -0.2) is 35.8 Å². The van der Waals surface area contributed by atoms with Crippen molar-refractivity contribution in [3.63, 3.8) is 0 Å². The van der Waals surface area contributed by atoms with Gasteiger partial charge in [0.2, 0.25) is 0 Å². The highest BCUT2D eigenvalue weighted by molar-refractivity contribution is 5.57. The Labute approximate surface area is 116 Å². The van der Waals surface area contributed by atoms with Crippen molar-refractivity contribution in [2.45, 2.75) is 46.6 Å². The molecule has 1 atom stereocenters. The Hall–Kier alpha value is -1.36. The second-order valence-electron chi connectivity index (χ2n) is 4.48. The molecule has 108 valence electrons. The van der Waals surface area contributed by atoms with Crippen molar-refractivity contribution >= 4 is 11.6 Å². The van der Waals surface area contributed by atoms with E-state index in [0.29, 0.717) is 0 Å². The second-order valence-corrected chi connectivity index (χ2v) is 4.48. The fourth-order valence-electron chi connectivity index (χ4n) is 1.96. The van der Waals surface area contributed by atoms with Crippen molar-refractivity contribution in [1.29, 1.82) is 0 Å². The van der Waals surface area contributed by atoms with Crippen LogP contribution in [0.25, 0.3) is 0 Å². The van der Waals surface area contributed by atoms with E-state index < -0.39 is 0 Å². The summed E-state index contributed by atoms with van der Waals surface area (Å²) >= 11 is 0. The third kappa shape index (κ3) is 5.03. The first-order chi connectivity index (χ1) is 9.22. The summed E-state index contributed by atoms with van der Waals surface area (Å²) in [5.74, 6) is 1.85. The average molecular weight is 266 g/mol. The summed E-state index contributed by atoms with van der Waals surface area (Å²) in [5, 5.41) is 6.66. The molecule has 0 aromatic carbocycles. The van der Waals surface area contributed by atoms with Crippen LogP contribution in [0.5, 0.6) is 0 Å². The molecule has 0 amide bonds. The number of hydrogen-bond donors (Lipinski definition) is 2. The van der Waals surface area contributed by atoms with E-state index in [1.807, 2.05) is 6.92 Å². The van der Waals surface area contributed by atoms with Gasteiger partial charge in [-0.2, -0.15) is 0 Å². The molecule has 0 radical (unpaired) electrons. The Morgan fingerprint density at radius 3 is 2.42 bits per heavy atom. The van der Waals surface area contributed by atoms with Crippen molar-refractivity contribution < 1.29 is 4.74 Å². The van der Waals surface area contributed by atoms with E-state index in [-0.39, 0.29) is 6.10 Å². The molecule has 19 heavy (non-hydrogen) atoms. The number of hydrogen-bond acceptors (Lipinski definition) is 5. The van der Waals surface area contributed by atoms with Crippen LogP contribution < -0.4 is 10.6 Å². The van der Waals surface area contributed by atoms with Gasteiger partial charge < -0.3 is 15.4 Å². The Morgan fingerprint density at radius 2 is 1.84 bits per heavy atom. The molecule has 1 aromatic heterocycles. The van der Waals surface area contributed by atoms with E-state index in [1.165, 1.54) is 0 Å². The summed E-state index contributed by atoms with van der Waals surface area (Å²) in [4.78, 5) is 8.67. The highest BCUT2D eigenvalue weighted by Crippen LogP contribution is 2.21. The minimum atomic E-state index is 0.178. The number of ether oxygens (including phenoxy) is 1. The minimum absolute atomic E-state index is 0.178. The molecule has 1 rings (SSSR count). The first kappa shape index (κ1) is 15.7. The minimum Gasteiger partial charge on any atom is -0.377 e. The van der Waals surface area contributed by atoms with E-state index in [9.17, 15) is 0 Å². The SMILES string of the molecule is CCCc1c(NCC)ncnc1NCC(C)OCC. The third-order valence-electron chi connectivity index (χ3n) is 2.80. The van der Waals surface area contributed by atoms with Gasteiger partial charge in [-0.05, 0) is 27.2 Å². The standard InChI is InChI=1S/C14H26N4O/c1-5-8-12-13(15-6-2)17-10-18-14(12)16-9-11(4)19-7-3/h10-11H,5-9H2,1-4H3,(H2,15,16,17,18). The van der Waals surface area contributed by atoms with Crippen molar-refractivity contribution in [1.82, 2.24) is 9.97 Å². The van der Waals surface area contributed by atoms with Gasteiger partial charge in [0.25, 0.3) is 0 Å². The predicted octanol–water partition coefficient (Wildman–Crippen LogP) is 2.70. The zero-order valence-corrected chi connectivity index (χ0v) is 12.5. The first-order valence-electron chi connectivity index (χ1n) is 7.16. The Bertz CT molecular complexity index is 370. The van der Waals surface area contributed by atoms with E-state index >= 15 is 0 Å². The maximum atomic E-state index is 5.52. The normalized spacial score (nSPS) is 12.2. The molecule has 1 heterocycles. The molecule has 5 nitrogen and oxygen atoms in total. The van der Waals surface area contributed by atoms with Crippen molar-refractivity contribution in [3.8, 4) is 0 Å². The maximum absolute atomic E-state index is 5.52. The zero-order valence-electron chi connectivity index (χ0n) is 12.5. The smallest absolute Gasteiger partial charge is 0.134 e. The van der Waals surface area contributed by atoms with Gasteiger partial charge in [0, 0.05) is 25.3 Å². The number of nitrogens with one attached hydrogen (secondary N) is 2. The lowest BCUT2D eigenvalue weighted by molar-refractivity contribution is 0.0854. The summed E-state index contributed by atoms with van der Waals surface area (Å²) in [6.45, 7) is 10.7. The van der Waals surface area contributed by atoms with Crippen LogP contribution in [-0.2, 0) is 11.2 Å². The molecule has 0 bridgehead atoms. The summed E-state index contributed by atoms with van der Waals surface area (Å²) < 4.78 is 5.52. The summed E-state index contributed by atoms with van der Waals surface area (Å²) in [6.07, 6.45) is 3.82. The summed E-state index contributed by atoms with van der Waals surface area (Å²) in [7, 11) is 0. The molecule has 1 unspecified atom stereocenters. The summed E-state index contributed by atoms with van der Waals surface area (Å²) in [5.41, 5.74) is 1.16. The van der Waals surface area contributed by atoms with Gasteiger partial charge in [0.15, 0.2) is 0 Å². The van der Waals surface area contributed by atoms with Crippen molar-refractivity contribution in [2.75, 3.05) is 30.3 Å². The van der Waals surface area contributed by atoms with Crippen LogP contribution >= 0.6 is 0 Å². The predicted molar refractivity (Wildman–Crippen MR) is 79.8 cm³/mol. The topological polar surface area (TPSA) is 59.1 Å². The van der Waals surface area contributed by atoms with Gasteiger partial charge >= 0.3 is 0 Å². The Kier molecular flexibility index (Phi) is 7.18. The lowest BCUT2D eigenvalue weighted by Gasteiger charge is -2.17. The average Bonchev–Trinajstić information content (AvgIpc) is 2.40. The quantitative estimate of drug-likeness (QED) is 0.719. The van der Waals surface area contributed by atoms with Crippen LogP contribution in [0, 0.1) is 0 Å². The van der Waals surface area contributed by atoms with E-state index in [2.05, 4.69) is 41.4 Å². The molecule has 0 fully saturated rings.